The number of carbonyl (C=O) groups is 2. The molecule has 34 heavy (non-hydrogen) atoms. The van der Waals surface area contributed by atoms with Gasteiger partial charge in [0.05, 0.1) is 4.90 Å². The molecule has 0 aromatic heterocycles. The molecular weight excluding hydrogens is 454 g/mol. The molecule has 1 saturated heterocycles. The molecule has 1 aliphatic heterocycles. The summed E-state index contributed by atoms with van der Waals surface area (Å²) in [6.45, 7) is 6.05. The molecular formula is C25H33N3O5S. The maximum Gasteiger partial charge on any atom is 0.243 e. The summed E-state index contributed by atoms with van der Waals surface area (Å²) in [6.07, 6.45) is 0.556. The molecule has 0 spiro atoms. The zero-order chi connectivity index (χ0) is 24.9. The van der Waals surface area contributed by atoms with Gasteiger partial charge in [-0.2, -0.15) is 4.31 Å². The Bertz CT molecular complexity index is 1100. The number of aliphatic hydroxyl groups excluding tert-OH is 1. The van der Waals surface area contributed by atoms with Crippen molar-refractivity contribution in [3.8, 4) is 0 Å². The average molecular weight is 488 g/mol. The fourth-order valence-corrected chi connectivity index (χ4v) is 5.54. The van der Waals surface area contributed by atoms with Crippen LogP contribution in [0.1, 0.15) is 43.4 Å². The lowest BCUT2D eigenvalue weighted by Crippen LogP contribution is -2.61. The maximum atomic E-state index is 13.5. The molecule has 0 radical (unpaired) electrons. The van der Waals surface area contributed by atoms with Gasteiger partial charge in [-0.25, -0.2) is 8.42 Å². The summed E-state index contributed by atoms with van der Waals surface area (Å²) in [5.74, 6) is -0.379. The van der Waals surface area contributed by atoms with Crippen molar-refractivity contribution in [2.24, 2.45) is 0 Å². The monoisotopic (exact) mass is 487 g/mol. The molecule has 1 atom stereocenters. The van der Waals surface area contributed by atoms with Gasteiger partial charge in [0, 0.05) is 39.7 Å². The van der Waals surface area contributed by atoms with Crippen molar-refractivity contribution in [1.82, 2.24) is 14.5 Å². The number of amides is 2. The molecule has 0 unspecified atom stereocenters. The van der Waals surface area contributed by atoms with Crippen LogP contribution in [0.2, 0.25) is 0 Å². The third-order valence-electron chi connectivity index (χ3n) is 6.12. The zero-order valence-corrected chi connectivity index (χ0v) is 20.7. The van der Waals surface area contributed by atoms with Crippen LogP contribution >= 0.6 is 0 Å². The minimum absolute atomic E-state index is 0.0000872. The van der Waals surface area contributed by atoms with Gasteiger partial charge in [0.15, 0.2) is 0 Å². The van der Waals surface area contributed by atoms with Gasteiger partial charge in [-0.1, -0.05) is 50.2 Å². The van der Waals surface area contributed by atoms with Gasteiger partial charge in [0.2, 0.25) is 21.8 Å². The normalized spacial score (nSPS) is 17.1. The van der Waals surface area contributed by atoms with Crippen LogP contribution in [0.4, 0.5) is 0 Å². The van der Waals surface area contributed by atoms with E-state index < -0.39 is 22.0 Å². The van der Waals surface area contributed by atoms with Crippen LogP contribution in [0.3, 0.4) is 0 Å². The van der Waals surface area contributed by atoms with E-state index in [1.165, 1.54) is 16.1 Å². The van der Waals surface area contributed by atoms with Crippen LogP contribution in [0.5, 0.6) is 0 Å². The van der Waals surface area contributed by atoms with Gasteiger partial charge in [0.25, 0.3) is 0 Å². The summed E-state index contributed by atoms with van der Waals surface area (Å²) in [6, 6.07) is 13.2. The Kier molecular flexibility index (Phi) is 8.46. The van der Waals surface area contributed by atoms with E-state index in [0.29, 0.717) is 6.42 Å². The first-order valence-electron chi connectivity index (χ1n) is 11.5. The largest absolute Gasteiger partial charge is 0.396 e. The number of hydrogen-bond donors (Lipinski definition) is 2. The van der Waals surface area contributed by atoms with E-state index >= 15 is 0 Å². The second-order valence-corrected chi connectivity index (χ2v) is 10.7. The number of benzene rings is 2. The SMILES string of the molecule is CC(=O)N1CCN(S(=O)(=O)c2ccc(C(C)C)cc2)[C@@H](C(=O)NCc2ccc(CCO)cc2)C1. The van der Waals surface area contributed by atoms with Crippen molar-refractivity contribution in [3.63, 3.8) is 0 Å². The minimum Gasteiger partial charge on any atom is -0.396 e. The second-order valence-electron chi connectivity index (χ2n) is 8.83. The summed E-state index contributed by atoms with van der Waals surface area (Å²) in [7, 11) is -3.93. The summed E-state index contributed by atoms with van der Waals surface area (Å²) < 4.78 is 28.1. The predicted molar refractivity (Wildman–Crippen MR) is 130 cm³/mol. The molecule has 3 rings (SSSR count). The molecule has 1 fully saturated rings. The number of carbonyl (C=O) groups excluding carboxylic acids is 2. The summed E-state index contributed by atoms with van der Waals surface area (Å²) in [4.78, 5) is 26.8. The highest BCUT2D eigenvalue weighted by Crippen LogP contribution is 2.24. The van der Waals surface area contributed by atoms with E-state index in [4.69, 9.17) is 5.11 Å². The first-order chi connectivity index (χ1) is 16.1. The Labute approximate surface area is 201 Å². The molecule has 184 valence electrons. The molecule has 1 aliphatic rings. The van der Waals surface area contributed by atoms with Crippen LogP contribution in [0.15, 0.2) is 53.4 Å². The Morgan fingerprint density at radius 2 is 1.65 bits per heavy atom. The Hall–Kier alpha value is -2.75. The molecule has 9 heteroatoms. The van der Waals surface area contributed by atoms with Crippen LogP contribution in [-0.2, 0) is 32.6 Å². The third kappa shape index (κ3) is 6.02. The molecule has 8 nitrogen and oxygen atoms in total. The quantitative estimate of drug-likeness (QED) is 0.591. The molecule has 2 amide bonds. The van der Waals surface area contributed by atoms with Crippen LogP contribution in [0.25, 0.3) is 0 Å². The van der Waals surface area contributed by atoms with E-state index in [1.807, 2.05) is 38.1 Å². The van der Waals surface area contributed by atoms with Crippen molar-refractivity contribution >= 4 is 21.8 Å². The number of aliphatic hydroxyl groups is 1. The molecule has 0 saturated carbocycles. The fourth-order valence-electron chi connectivity index (χ4n) is 3.97. The van der Waals surface area contributed by atoms with Crippen molar-refractivity contribution in [1.29, 1.82) is 0 Å². The van der Waals surface area contributed by atoms with Crippen molar-refractivity contribution in [3.05, 3.63) is 65.2 Å². The zero-order valence-electron chi connectivity index (χ0n) is 19.9. The highest BCUT2D eigenvalue weighted by Gasteiger charge is 2.40. The van der Waals surface area contributed by atoms with Crippen molar-refractivity contribution < 1.29 is 23.1 Å². The van der Waals surface area contributed by atoms with E-state index in [9.17, 15) is 18.0 Å². The van der Waals surface area contributed by atoms with Crippen LogP contribution in [-0.4, -0.2) is 66.8 Å². The average Bonchev–Trinajstić information content (AvgIpc) is 2.83. The Morgan fingerprint density at radius 1 is 1.03 bits per heavy atom. The molecule has 0 aliphatic carbocycles. The third-order valence-corrected chi connectivity index (χ3v) is 8.05. The van der Waals surface area contributed by atoms with Crippen molar-refractivity contribution in [2.45, 2.75) is 50.6 Å². The van der Waals surface area contributed by atoms with Gasteiger partial charge in [-0.15, -0.1) is 0 Å². The number of hydrogen-bond acceptors (Lipinski definition) is 5. The topological polar surface area (TPSA) is 107 Å². The van der Waals surface area contributed by atoms with Crippen LogP contribution < -0.4 is 5.32 Å². The lowest BCUT2D eigenvalue weighted by Gasteiger charge is -2.39. The summed E-state index contributed by atoms with van der Waals surface area (Å²) >= 11 is 0. The van der Waals surface area contributed by atoms with Gasteiger partial charge in [-0.3, -0.25) is 9.59 Å². The standard InChI is InChI=1S/C25H33N3O5S/c1-18(2)22-8-10-23(11-9-22)34(32,33)28-14-13-27(19(3)30)17-24(28)25(31)26-16-21-6-4-20(5-7-21)12-15-29/h4-11,18,24,29H,12-17H2,1-3H3,(H,26,31)/t24-/m1/s1. The van der Waals surface area contributed by atoms with Gasteiger partial charge >= 0.3 is 0 Å². The minimum atomic E-state index is -3.93. The van der Waals surface area contributed by atoms with Crippen molar-refractivity contribution in [2.75, 3.05) is 26.2 Å². The Balaban J connectivity index is 1.79. The smallest absolute Gasteiger partial charge is 0.243 e. The molecule has 2 aromatic rings. The Morgan fingerprint density at radius 3 is 2.21 bits per heavy atom. The molecule has 1 heterocycles. The number of nitrogens with one attached hydrogen (secondary N) is 1. The number of nitrogens with zero attached hydrogens (tertiary/aromatic N) is 2. The maximum absolute atomic E-state index is 13.5. The predicted octanol–water partition coefficient (Wildman–Crippen LogP) is 1.88. The second kappa shape index (κ2) is 11.1. The highest BCUT2D eigenvalue weighted by molar-refractivity contribution is 7.89. The van der Waals surface area contributed by atoms with Gasteiger partial charge in [0.1, 0.15) is 6.04 Å². The fraction of sp³-hybridized carbons (Fsp3) is 0.440. The van der Waals surface area contributed by atoms with E-state index in [1.54, 1.807) is 24.3 Å². The highest BCUT2D eigenvalue weighted by atomic mass is 32.2. The number of piperazine rings is 1. The van der Waals surface area contributed by atoms with E-state index in [2.05, 4.69) is 5.32 Å². The molecule has 2 N–H and O–H groups in total. The molecule has 2 aromatic carbocycles. The van der Waals surface area contributed by atoms with E-state index in [-0.39, 0.29) is 49.5 Å². The molecule has 0 bridgehead atoms. The first kappa shape index (κ1) is 25.9. The van der Waals surface area contributed by atoms with E-state index in [0.717, 1.165) is 16.7 Å². The van der Waals surface area contributed by atoms with Gasteiger partial charge in [-0.05, 0) is 41.2 Å². The summed E-state index contributed by atoms with van der Waals surface area (Å²) in [5, 5.41) is 11.9. The van der Waals surface area contributed by atoms with Crippen LogP contribution in [0, 0.1) is 0 Å². The lowest BCUT2D eigenvalue weighted by molar-refractivity contribution is -0.134. The first-order valence-corrected chi connectivity index (χ1v) is 12.9. The number of rotatable bonds is 8. The number of sulfonamides is 1. The van der Waals surface area contributed by atoms with Gasteiger partial charge < -0.3 is 15.3 Å². The summed E-state index contributed by atoms with van der Waals surface area (Å²) in [5.41, 5.74) is 2.87. The lowest BCUT2D eigenvalue weighted by atomic mass is 10.0.